The van der Waals surface area contributed by atoms with E-state index in [1.165, 1.54) is 0 Å². The fourth-order valence-corrected chi connectivity index (χ4v) is 3.19. The van der Waals surface area contributed by atoms with Gasteiger partial charge in [0, 0.05) is 5.92 Å². The Morgan fingerprint density at radius 1 is 1.48 bits per heavy atom. The summed E-state index contributed by atoms with van der Waals surface area (Å²) >= 11 is 0. The van der Waals surface area contributed by atoms with E-state index in [2.05, 4.69) is 0 Å². The predicted molar refractivity (Wildman–Crippen MR) is 76.6 cm³/mol. The van der Waals surface area contributed by atoms with Crippen LogP contribution in [0.1, 0.15) is 40.5 Å². The first-order valence-electron chi connectivity index (χ1n) is 7.51. The molecule has 0 radical (unpaired) electrons. The SMILES string of the molecule is CC1=C2CCC(C)(C(=O)OCCO)OC2C(C)C(C)C1=O. The second-order valence-corrected chi connectivity index (χ2v) is 6.29. The summed E-state index contributed by atoms with van der Waals surface area (Å²) in [5, 5.41) is 8.76. The van der Waals surface area contributed by atoms with Crippen molar-refractivity contribution in [3.05, 3.63) is 11.1 Å². The number of allylic oxidation sites excluding steroid dienone is 1. The van der Waals surface area contributed by atoms with E-state index < -0.39 is 11.6 Å². The van der Waals surface area contributed by atoms with Crippen molar-refractivity contribution in [1.82, 2.24) is 0 Å². The van der Waals surface area contributed by atoms with Crippen LogP contribution in [0.5, 0.6) is 0 Å². The second-order valence-electron chi connectivity index (χ2n) is 6.29. The number of aliphatic hydroxyl groups excluding tert-OH is 1. The lowest BCUT2D eigenvalue weighted by molar-refractivity contribution is -0.187. The second kappa shape index (κ2) is 5.89. The highest BCUT2D eigenvalue weighted by Gasteiger charge is 2.48. The van der Waals surface area contributed by atoms with E-state index in [-0.39, 0.29) is 36.9 Å². The third-order valence-corrected chi connectivity index (χ3v) is 4.89. The molecule has 5 heteroatoms. The number of Topliss-reactive ketones (excluding diaryl/α,β-unsaturated/α-hetero) is 1. The van der Waals surface area contributed by atoms with Gasteiger partial charge in [-0.3, -0.25) is 4.79 Å². The van der Waals surface area contributed by atoms with Gasteiger partial charge in [-0.15, -0.1) is 0 Å². The van der Waals surface area contributed by atoms with E-state index in [1.54, 1.807) is 6.92 Å². The molecule has 0 aromatic rings. The molecule has 1 N–H and O–H groups in total. The summed E-state index contributed by atoms with van der Waals surface area (Å²) in [5.41, 5.74) is 0.812. The van der Waals surface area contributed by atoms with Crippen LogP contribution in [0.3, 0.4) is 0 Å². The summed E-state index contributed by atoms with van der Waals surface area (Å²) in [6.07, 6.45) is 0.955. The Bertz CT molecular complexity index is 481. The van der Waals surface area contributed by atoms with Crippen LogP contribution in [0.4, 0.5) is 0 Å². The lowest BCUT2D eigenvalue weighted by Gasteiger charge is -2.45. The van der Waals surface area contributed by atoms with Gasteiger partial charge in [0.15, 0.2) is 11.4 Å². The van der Waals surface area contributed by atoms with Gasteiger partial charge >= 0.3 is 5.97 Å². The quantitative estimate of drug-likeness (QED) is 0.801. The molecule has 4 unspecified atom stereocenters. The van der Waals surface area contributed by atoms with Gasteiger partial charge in [0.05, 0.1) is 12.7 Å². The van der Waals surface area contributed by atoms with Crippen LogP contribution in [0.15, 0.2) is 11.1 Å². The Morgan fingerprint density at radius 2 is 2.14 bits per heavy atom. The number of aliphatic hydroxyl groups is 1. The average Bonchev–Trinajstić information content (AvgIpc) is 2.48. The molecule has 0 saturated carbocycles. The highest BCUT2D eigenvalue weighted by molar-refractivity contribution is 5.98. The van der Waals surface area contributed by atoms with Crippen LogP contribution in [0.25, 0.3) is 0 Å². The van der Waals surface area contributed by atoms with Crippen LogP contribution >= 0.6 is 0 Å². The van der Waals surface area contributed by atoms with E-state index >= 15 is 0 Å². The Labute approximate surface area is 125 Å². The minimum absolute atomic E-state index is 0.0192. The molecule has 118 valence electrons. The largest absolute Gasteiger partial charge is 0.461 e. The molecule has 5 nitrogen and oxygen atoms in total. The molecule has 0 spiro atoms. The van der Waals surface area contributed by atoms with Crippen molar-refractivity contribution < 1.29 is 24.2 Å². The van der Waals surface area contributed by atoms with Crippen molar-refractivity contribution in [2.75, 3.05) is 13.2 Å². The number of rotatable bonds is 3. The molecular weight excluding hydrogens is 272 g/mol. The molecule has 2 rings (SSSR count). The van der Waals surface area contributed by atoms with Crippen LogP contribution in [-0.4, -0.2) is 41.8 Å². The minimum atomic E-state index is -1.00. The molecule has 0 bridgehead atoms. The zero-order chi connectivity index (χ0) is 15.8. The summed E-state index contributed by atoms with van der Waals surface area (Å²) in [7, 11) is 0. The lowest BCUT2D eigenvalue weighted by Crippen LogP contribution is -2.52. The summed E-state index contributed by atoms with van der Waals surface area (Å²) in [5.74, 6) is -0.315. The number of ketones is 1. The molecule has 1 fully saturated rings. The van der Waals surface area contributed by atoms with E-state index in [0.29, 0.717) is 12.8 Å². The number of hydrogen-bond donors (Lipinski definition) is 1. The molecular formula is C16H24O5. The van der Waals surface area contributed by atoms with Gasteiger partial charge in [0.25, 0.3) is 0 Å². The number of hydrogen-bond acceptors (Lipinski definition) is 5. The Morgan fingerprint density at radius 3 is 2.76 bits per heavy atom. The van der Waals surface area contributed by atoms with Crippen molar-refractivity contribution in [2.45, 2.75) is 52.2 Å². The third-order valence-electron chi connectivity index (χ3n) is 4.89. The van der Waals surface area contributed by atoms with Gasteiger partial charge in [0.2, 0.25) is 0 Å². The number of carbonyl (C=O) groups is 2. The number of carbonyl (C=O) groups excluding carboxylic acids is 2. The number of fused-ring (bicyclic) bond motifs is 1. The molecule has 1 heterocycles. The summed E-state index contributed by atoms with van der Waals surface area (Å²) in [6.45, 7) is 7.26. The summed E-state index contributed by atoms with van der Waals surface area (Å²) in [6, 6.07) is 0. The average molecular weight is 296 g/mol. The maximum Gasteiger partial charge on any atom is 0.338 e. The van der Waals surface area contributed by atoms with Gasteiger partial charge in [0.1, 0.15) is 6.61 Å². The van der Waals surface area contributed by atoms with Crippen LogP contribution < -0.4 is 0 Å². The Balaban J connectivity index is 2.23. The van der Waals surface area contributed by atoms with Crippen molar-refractivity contribution in [2.24, 2.45) is 11.8 Å². The van der Waals surface area contributed by atoms with Gasteiger partial charge in [-0.1, -0.05) is 13.8 Å². The third kappa shape index (κ3) is 2.77. The molecule has 0 aromatic carbocycles. The molecule has 1 aliphatic heterocycles. The van der Waals surface area contributed by atoms with Gasteiger partial charge in [-0.25, -0.2) is 4.79 Å². The highest BCUT2D eigenvalue weighted by Crippen LogP contribution is 2.43. The Hall–Kier alpha value is -1.20. The first-order chi connectivity index (χ1) is 9.81. The minimum Gasteiger partial charge on any atom is -0.461 e. The van der Waals surface area contributed by atoms with Crippen molar-refractivity contribution in [3.63, 3.8) is 0 Å². The van der Waals surface area contributed by atoms with Crippen molar-refractivity contribution in [3.8, 4) is 0 Å². The van der Waals surface area contributed by atoms with Gasteiger partial charge in [-0.2, -0.15) is 0 Å². The molecule has 4 atom stereocenters. The number of esters is 1. The molecule has 2 aliphatic rings. The molecule has 21 heavy (non-hydrogen) atoms. The fraction of sp³-hybridized carbons (Fsp3) is 0.750. The molecule has 1 aliphatic carbocycles. The van der Waals surface area contributed by atoms with Crippen LogP contribution in [-0.2, 0) is 19.1 Å². The highest BCUT2D eigenvalue weighted by atomic mass is 16.6. The topological polar surface area (TPSA) is 72.8 Å². The van der Waals surface area contributed by atoms with Crippen molar-refractivity contribution in [1.29, 1.82) is 0 Å². The van der Waals surface area contributed by atoms with E-state index in [9.17, 15) is 9.59 Å². The maximum atomic E-state index is 12.2. The van der Waals surface area contributed by atoms with E-state index in [1.807, 2.05) is 20.8 Å². The summed E-state index contributed by atoms with van der Waals surface area (Å²) in [4.78, 5) is 24.3. The van der Waals surface area contributed by atoms with Gasteiger partial charge in [-0.05, 0) is 43.8 Å². The van der Waals surface area contributed by atoms with Crippen molar-refractivity contribution >= 4 is 11.8 Å². The molecule has 0 aromatic heterocycles. The molecule has 1 saturated heterocycles. The zero-order valence-electron chi connectivity index (χ0n) is 13.1. The van der Waals surface area contributed by atoms with Crippen LogP contribution in [0.2, 0.25) is 0 Å². The fourth-order valence-electron chi connectivity index (χ4n) is 3.19. The number of ether oxygens (including phenoxy) is 2. The van der Waals surface area contributed by atoms with Gasteiger partial charge < -0.3 is 14.6 Å². The normalized spacial score (nSPS) is 36.4. The Kier molecular flexibility index (Phi) is 4.54. The predicted octanol–water partition coefficient (Wildman–Crippen LogP) is 1.63. The standard InChI is InChI=1S/C16H24O5/c1-9-10(2)14-12(11(3)13(9)18)5-6-16(4,21-14)15(19)20-8-7-17/h9-10,14,17H,5-8H2,1-4H3. The van der Waals surface area contributed by atoms with E-state index in [4.69, 9.17) is 14.6 Å². The summed E-state index contributed by atoms with van der Waals surface area (Å²) < 4.78 is 11.1. The zero-order valence-corrected chi connectivity index (χ0v) is 13.1. The lowest BCUT2D eigenvalue weighted by atomic mass is 9.71. The maximum absolute atomic E-state index is 12.2. The van der Waals surface area contributed by atoms with E-state index in [0.717, 1.165) is 11.1 Å². The monoisotopic (exact) mass is 296 g/mol. The first-order valence-corrected chi connectivity index (χ1v) is 7.51. The molecule has 0 amide bonds. The smallest absolute Gasteiger partial charge is 0.338 e. The first kappa shape index (κ1) is 16.2. The van der Waals surface area contributed by atoms with Crippen LogP contribution in [0, 0.1) is 11.8 Å².